The average molecular weight is 565 g/mol. The van der Waals surface area contributed by atoms with E-state index in [4.69, 9.17) is 4.98 Å². The highest BCUT2D eigenvalue weighted by atomic mass is 32.2. The SMILES string of the molecule is CN(Cc1ccccc1)c1ccc(-c2ccc3c(CCCN4CCS(=O)(=O)CC4)cn(-c4ccccc4)c3n2)cc1. The molecule has 6 nitrogen and oxygen atoms in total. The second kappa shape index (κ2) is 11.9. The van der Waals surface area contributed by atoms with E-state index in [1.165, 1.54) is 16.8 Å². The first-order valence-electron chi connectivity index (χ1n) is 14.3. The summed E-state index contributed by atoms with van der Waals surface area (Å²) in [6, 6.07) is 33.8. The maximum Gasteiger partial charge on any atom is 0.152 e. The lowest BCUT2D eigenvalue weighted by molar-refractivity contribution is 0.292. The van der Waals surface area contributed by atoms with Gasteiger partial charge in [0.25, 0.3) is 0 Å². The van der Waals surface area contributed by atoms with Gasteiger partial charge in [-0.25, -0.2) is 13.4 Å². The van der Waals surface area contributed by atoms with Crippen molar-refractivity contribution in [2.45, 2.75) is 19.4 Å². The van der Waals surface area contributed by atoms with E-state index in [0.717, 1.165) is 53.9 Å². The molecule has 0 bridgehead atoms. The van der Waals surface area contributed by atoms with Gasteiger partial charge in [-0.2, -0.15) is 0 Å². The molecule has 1 fully saturated rings. The van der Waals surface area contributed by atoms with Gasteiger partial charge in [0.1, 0.15) is 5.65 Å². The number of anilines is 1. The Morgan fingerprint density at radius 3 is 2.22 bits per heavy atom. The smallest absolute Gasteiger partial charge is 0.152 e. The van der Waals surface area contributed by atoms with Crippen LogP contribution in [-0.2, 0) is 22.8 Å². The molecular weight excluding hydrogens is 528 g/mol. The van der Waals surface area contributed by atoms with Crippen LogP contribution in [0.2, 0.25) is 0 Å². The Morgan fingerprint density at radius 1 is 0.829 bits per heavy atom. The molecule has 1 aliphatic rings. The number of aryl methyl sites for hydroxylation is 1. The van der Waals surface area contributed by atoms with Crippen LogP contribution >= 0.6 is 0 Å². The van der Waals surface area contributed by atoms with Gasteiger partial charge in [0.05, 0.1) is 17.2 Å². The summed E-state index contributed by atoms with van der Waals surface area (Å²) in [6.45, 7) is 3.04. The van der Waals surface area contributed by atoms with Crippen LogP contribution in [0, 0.1) is 0 Å². The van der Waals surface area contributed by atoms with Gasteiger partial charge in [0.15, 0.2) is 9.84 Å². The second-order valence-corrected chi connectivity index (χ2v) is 13.2. The standard InChI is InChI=1S/C34H36N4O2S/c1-36(25-27-9-4-2-5-10-27)30-16-14-28(15-17-30)33-19-18-32-29(11-8-20-37-21-23-41(39,40)24-22-37)26-38(34(32)35-33)31-12-6-3-7-13-31/h2-7,9-10,12-19,26H,8,11,20-25H2,1H3. The number of hydrogen-bond donors (Lipinski definition) is 0. The van der Waals surface area contributed by atoms with Crippen molar-refractivity contribution >= 4 is 26.6 Å². The molecule has 0 radical (unpaired) electrons. The summed E-state index contributed by atoms with van der Waals surface area (Å²) in [7, 11) is -0.733. The number of pyridine rings is 1. The highest BCUT2D eigenvalue weighted by Crippen LogP contribution is 2.29. The Bertz CT molecular complexity index is 1700. The third-order valence-corrected chi connectivity index (χ3v) is 9.60. The van der Waals surface area contributed by atoms with Crippen LogP contribution in [0.15, 0.2) is 103 Å². The Hall–Kier alpha value is -3.94. The van der Waals surface area contributed by atoms with Gasteiger partial charge in [-0.05, 0) is 66.9 Å². The number of nitrogens with zero attached hydrogens (tertiary/aromatic N) is 4. The number of benzene rings is 3. The van der Waals surface area contributed by atoms with Crippen LogP contribution in [0.4, 0.5) is 5.69 Å². The summed E-state index contributed by atoms with van der Waals surface area (Å²) >= 11 is 0. The molecule has 41 heavy (non-hydrogen) atoms. The molecule has 0 unspecified atom stereocenters. The van der Waals surface area contributed by atoms with E-state index < -0.39 is 9.84 Å². The molecule has 0 N–H and O–H groups in total. The number of fused-ring (bicyclic) bond motifs is 1. The lowest BCUT2D eigenvalue weighted by Gasteiger charge is -2.26. The lowest BCUT2D eigenvalue weighted by Crippen LogP contribution is -2.40. The first-order chi connectivity index (χ1) is 19.9. The van der Waals surface area contributed by atoms with Crippen molar-refractivity contribution in [1.82, 2.24) is 14.5 Å². The Balaban J connectivity index is 1.23. The number of aromatic nitrogens is 2. The van der Waals surface area contributed by atoms with Crippen molar-refractivity contribution in [3.63, 3.8) is 0 Å². The number of para-hydroxylation sites is 1. The summed E-state index contributed by atoms with van der Waals surface area (Å²) < 4.78 is 25.8. The minimum atomic E-state index is -2.85. The first-order valence-corrected chi connectivity index (χ1v) is 16.1. The summed E-state index contributed by atoms with van der Waals surface area (Å²) in [5.41, 5.74) is 7.81. The number of hydrogen-bond acceptors (Lipinski definition) is 5. The molecule has 0 amide bonds. The molecule has 7 heteroatoms. The van der Waals surface area contributed by atoms with Crippen LogP contribution in [-0.4, -0.2) is 61.1 Å². The molecule has 1 aliphatic heterocycles. The molecule has 3 heterocycles. The van der Waals surface area contributed by atoms with E-state index in [1.807, 2.05) is 12.1 Å². The molecule has 0 atom stereocenters. The monoisotopic (exact) mass is 564 g/mol. The van der Waals surface area contributed by atoms with Gasteiger partial charge in [0.2, 0.25) is 0 Å². The average Bonchev–Trinajstić information content (AvgIpc) is 3.37. The van der Waals surface area contributed by atoms with E-state index in [2.05, 4.69) is 113 Å². The van der Waals surface area contributed by atoms with Crippen molar-refractivity contribution < 1.29 is 8.42 Å². The maximum absolute atomic E-state index is 11.8. The molecule has 0 aliphatic carbocycles. The highest BCUT2D eigenvalue weighted by Gasteiger charge is 2.21. The number of sulfone groups is 1. The van der Waals surface area contributed by atoms with E-state index in [0.29, 0.717) is 13.1 Å². The van der Waals surface area contributed by atoms with Gasteiger partial charge in [-0.15, -0.1) is 0 Å². The highest BCUT2D eigenvalue weighted by molar-refractivity contribution is 7.91. The second-order valence-electron chi connectivity index (χ2n) is 10.9. The first kappa shape index (κ1) is 27.2. The molecule has 2 aromatic heterocycles. The summed E-state index contributed by atoms with van der Waals surface area (Å²) in [4.78, 5) is 9.70. The fourth-order valence-corrected chi connectivity index (χ4v) is 6.89. The fraction of sp³-hybridized carbons (Fsp3) is 0.265. The molecule has 0 spiro atoms. The molecular formula is C34H36N4O2S. The van der Waals surface area contributed by atoms with Crippen LogP contribution in [0.25, 0.3) is 28.0 Å². The van der Waals surface area contributed by atoms with Gasteiger partial charge >= 0.3 is 0 Å². The van der Waals surface area contributed by atoms with Crippen molar-refractivity contribution in [3.05, 3.63) is 114 Å². The van der Waals surface area contributed by atoms with E-state index >= 15 is 0 Å². The predicted octanol–water partition coefficient (Wildman–Crippen LogP) is 5.99. The van der Waals surface area contributed by atoms with Crippen molar-refractivity contribution in [2.75, 3.05) is 43.1 Å². The zero-order valence-corrected chi connectivity index (χ0v) is 24.3. The third-order valence-electron chi connectivity index (χ3n) is 7.99. The Kier molecular flexibility index (Phi) is 7.90. The predicted molar refractivity (Wildman–Crippen MR) is 168 cm³/mol. The summed E-state index contributed by atoms with van der Waals surface area (Å²) in [6.07, 6.45) is 4.12. The zero-order valence-electron chi connectivity index (χ0n) is 23.5. The van der Waals surface area contributed by atoms with E-state index in [-0.39, 0.29) is 11.5 Å². The Labute approximate surface area is 242 Å². The normalized spacial score (nSPS) is 15.2. The lowest BCUT2D eigenvalue weighted by atomic mass is 10.1. The van der Waals surface area contributed by atoms with Crippen molar-refractivity contribution in [2.24, 2.45) is 0 Å². The van der Waals surface area contributed by atoms with Crippen molar-refractivity contribution in [1.29, 1.82) is 0 Å². The van der Waals surface area contributed by atoms with Crippen LogP contribution in [0.3, 0.4) is 0 Å². The topological polar surface area (TPSA) is 58.4 Å². The van der Waals surface area contributed by atoms with Gasteiger partial charge in [-0.1, -0.05) is 60.7 Å². The van der Waals surface area contributed by atoms with Crippen molar-refractivity contribution in [3.8, 4) is 16.9 Å². The number of rotatable bonds is 9. The molecule has 0 saturated carbocycles. The Morgan fingerprint density at radius 2 is 1.51 bits per heavy atom. The molecule has 3 aromatic carbocycles. The van der Waals surface area contributed by atoms with Crippen LogP contribution < -0.4 is 4.90 Å². The maximum atomic E-state index is 11.8. The minimum absolute atomic E-state index is 0.275. The van der Waals surface area contributed by atoms with Gasteiger partial charge in [-0.3, -0.25) is 0 Å². The quantitative estimate of drug-likeness (QED) is 0.220. The summed E-state index contributed by atoms with van der Waals surface area (Å²) in [5.74, 6) is 0.550. The zero-order chi connectivity index (χ0) is 28.2. The van der Waals surface area contributed by atoms with E-state index in [1.54, 1.807) is 0 Å². The molecule has 210 valence electrons. The summed E-state index contributed by atoms with van der Waals surface area (Å²) in [5, 5.41) is 1.16. The van der Waals surface area contributed by atoms with Crippen LogP contribution in [0.1, 0.15) is 17.5 Å². The van der Waals surface area contributed by atoms with Gasteiger partial charge in [0, 0.05) is 55.2 Å². The third kappa shape index (κ3) is 6.37. The largest absolute Gasteiger partial charge is 0.370 e. The van der Waals surface area contributed by atoms with Crippen LogP contribution in [0.5, 0.6) is 0 Å². The van der Waals surface area contributed by atoms with Gasteiger partial charge < -0.3 is 14.4 Å². The molecule has 1 saturated heterocycles. The molecule has 6 rings (SSSR count). The fourth-order valence-electron chi connectivity index (χ4n) is 5.62. The minimum Gasteiger partial charge on any atom is -0.370 e. The molecule has 5 aromatic rings. The van der Waals surface area contributed by atoms with E-state index in [9.17, 15) is 8.42 Å².